The number of aliphatic carboxylic acids is 4. The van der Waals surface area contributed by atoms with E-state index in [9.17, 15) is 39.6 Å². The fourth-order valence-electron chi connectivity index (χ4n) is 1.86. The molecule has 0 aromatic heterocycles. The molecule has 0 aliphatic heterocycles. The Bertz CT molecular complexity index is 372. The predicted octanol–water partition coefficient (Wildman–Crippen LogP) is -13.4. The Hall–Kier alpha value is -1.36. The van der Waals surface area contributed by atoms with Crippen LogP contribution in [0.1, 0.15) is 25.7 Å². The first-order chi connectivity index (χ1) is 8.92. The molecule has 12 N–H and O–H groups in total. The monoisotopic (exact) mass is 383 g/mol. The molecule has 0 radical (unpaired) electrons. The number of hydrogen-bond donors (Lipinski definition) is 2. The van der Waals surface area contributed by atoms with Gasteiger partial charge in [-0.15, -0.1) is 0 Å². The number of carbonyl (C=O) groups excluding carboxylic acids is 4. The van der Waals surface area contributed by atoms with Crippen molar-refractivity contribution >= 4 is 23.9 Å². The minimum absolute atomic E-state index is 0. The summed E-state index contributed by atoms with van der Waals surface area (Å²) in [6.45, 7) is 0. The van der Waals surface area contributed by atoms with Gasteiger partial charge in [-0.1, -0.05) is 0 Å². The summed E-state index contributed by atoms with van der Waals surface area (Å²) in [6, 6.07) is 0. The van der Waals surface area contributed by atoms with Crippen molar-refractivity contribution < 1.29 is 91.1 Å². The molecule has 15 heteroatoms. The van der Waals surface area contributed by atoms with Crippen LogP contribution in [0, 0.1) is 0 Å². The van der Waals surface area contributed by atoms with Gasteiger partial charge in [-0.2, -0.15) is 0 Å². The van der Waals surface area contributed by atoms with Crippen LogP contribution in [0.3, 0.4) is 0 Å². The van der Waals surface area contributed by atoms with Gasteiger partial charge in [-0.3, -0.25) is 0 Å². The molecule has 0 rings (SSSR count). The van der Waals surface area contributed by atoms with Gasteiger partial charge in [0.15, 0.2) is 0 Å². The molecular formula is C10H20N2NaO12-3. The van der Waals surface area contributed by atoms with E-state index in [0.29, 0.717) is 0 Å². The summed E-state index contributed by atoms with van der Waals surface area (Å²) in [5, 5.41) is 42.5. The molecule has 0 spiro atoms. The van der Waals surface area contributed by atoms with Gasteiger partial charge in [0.1, 0.15) is 0 Å². The second-order valence-electron chi connectivity index (χ2n) is 4.51. The Morgan fingerprint density at radius 3 is 0.760 bits per heavy atom. The van der Waals surface area contributed by atoms with E-state index in [2.05, 4.69) is 0 Å². The van der Waals surface area contributed by atoms with Crippen molar-refractivity contribution in [2.45, 2.75) is 36.8 Å². The zero-order valence-corrected chi connectivity index (χ0v) is 15.2. The molecule has 0 aliphatic rings. The number of nitrogens with two attached hydrogens (primary N) is 2. The fraction of sp³-hybridized carbons (Fsp3) is 0.600. The Morgan fingerprint density at radius 2 is 0.680 bits per heavy atom. The number of rotatable bonds is 9. The van der Waals surface area contributed by atoms with Crippen molar-refractivity contribution in [2.75, 3.05) is 0 Å². The topological polar surface area (TPSA) is 339 Å². The fourth-order valence-corrected chi connectivity index (χ4v) is 1.86. The van der Waals surface area contributed by atoms with Crippen LogP contribution in [-0.2, 0) is 19.2 Å². The van der Waals surface area contributed by atoms with Crippen LogP contribution < -0.4 is 61.5 Å². The van der Waals surface area contributed by atoms with Crippen molar-refractivity contribution in [2.24, 2.45) is 11.5 Å². The number of carboxylic acid groups (broad SMARTS) is 4. The van der Waals surface area contributed by atoms with Gasteiger partial charge in [0.05, 0.1) is 0 Å². The average Bonchev–Trinajstić information content (AvgIpc) is 2.10. The van der Waals surface area contributed by atoms with E-state index in [4.69, 9.17) is 11.5 Å². The van der Waals surface area contributed by atoms with Crippen LogP contribution in [-0.4, -0.2) is 56.9 Å². The standard InChI is InChI=1S/C10H16N2O8.Na.4H2O/c11-9(1-5(13)14,2-6(15)16)10(12,3-7(17)18)4-8(19)20;;;;;/h1-4,11-12H2,(H,13,14)(H,15,16)(H,17,18)(H,19,20);;4*1H2/q;+1;;;;/p-4. The van der Waals surface area contributed by atoms with Gasteiger partial charge in [0.25, 0.3) is 0 Å². The molecule has 0 aliphatic carbocycles. The van der Waals surface area contributed by atoms with E-state index in [1.54, 1.807) is 0 Å². The summed E-state index contributed by atoms with van der Waals surface area (Å²) in [6.07, 6.45) is -4.73. The molecule has 0 fully saturated rings. The first-order valence-corrected chi connectivity index (χ1v) is 5.29. The van der Waals surface area contributed by atoms with Crippen LogP contribution in [0.25, 0.3) is 0 Å². The largest absolute Gasteiger partial charge is 1.00 e. The first-order valence-electron chi connectivity index (χ1n) is 5.29. The van der Waals surface area contributed by atoms with Crippen LogP contribution in [0.4, 0.5) is 0 Å². The SMILES string of the molecule is NC(CC(=O)[O-])(CC(=O)[O-])C(N)(CC(=O)[O-])CC(=O)[O-].O.O.O.O.[Na+]. The molecule has 0 aromatic carbocycles. The molecule has 0 unspecified atom stereocenters. The predicted molar refractivity (Wildman–Crippen MR) is 66.8 cm³/mol. The zero-order chi connectivity index (χ0) is 16.1. The van der Waals surface area contributed by atoms with Crippen molar-refractivity contribution in [3.05, 3.63) is 0 Å². The van der Waals surface area contributed by atoms with Gasteiger partial charge in [0.2, 0.25) is 0 Å². The molecule has 0 bridgehead atoms. The molecule has 0 heterocycles. The maximum Gasteiger partial charge on any atom is 1.00 e. The van der Waals surface area contributed by atoms with Crippen molar-refractivity contribution in [3.8, 4) is 0 Å². The summed E-state index contributed by atoms with van der Waals surface area (Å²) in [5.41, 5.74) is 6.20. The molecule has 0 amide bonds. The van der Waals surface area contributed by atoms with Gasteiger partial charge < -0.3 is 73.0 Å². The van der Waals surface area contributed by atoms with Crippen LogP contribution in [0.15, 0.2) is 0 Å². The maximum absolute atomic E-state index is 10.6. The van der Waals surface area contributed by atoms with Gasteiger partial charge in [0, 0.05) is 60.6 Å². The Morgan fingerprint density at radius 1 is 0.560 bits per heavy atom. The second kappa shape index (κ2) is 14.9. The van der Waals surface area contributed by atoms with E-state index >= 15 is 0 Å². The first kappa shape index (κ1) is 38.9. The van der Waals surface area contributed by atoms with Crippen LogP contribution in [0.2, 0.25) is 0 Å². The van der Waals surface area contributed by atoms with Crippen molar-refractivity contribution in [1.29, 1.82) is 0 Å². The molecular weight excluding hydrogens is 363 g/mol. The summed E-state index contributed by atoms with van der Waals surface area (Å²) in [5.74, 6) is -7.33. The van der Waals surface area contributed by atoms with Gasteiger partial charge >= 0.3 is 29.6 Å². The number of carboxylic acids is 4. The number of hydrogen-bond acceptors (Lipinski definition) is 10. The molecule has 146 valence electrons. The number of carbonyl (C=O) groups is 4. The molecule has 0 aromatic rings. The maximum atomic E-state index is 10.6. The summed E-state index contributed by atoms with van der Waals surface area (Å²) in [4.78, 5) is 42.5. The van der Waals surface area contributed by atoms with E-state index < -0.39 is 60.6 Å². The second-order valence-corrected chi connectivity index (χ2v) is 4.51. The minimum atomic E-state index is -2.43. The third-order valence-corrected chi connectivity index (χ3v) is 2.83. The van der Waals surface area contributed by atoms with Crippen molar-refractivity contribution in [1.82, 2.24) is 0 Å². The van der Waals surface area contributed by atoms with E-state index in [1.165, 1.54) is 0 Å². The third-order valence-electron chi connectivity index (χ3n) is 2.83. The van der Waals surface area contributed by atoms with E-state index in [0.717, 1.165) is 0 Å². The normalized spacial score (nSPS) is 9.52. The summed E-state index contributed by atoms with van der Waals surface area (Å²) in [7, 11) is 0. The Kier molecular flexibility index (Phi) is 23.3. The van der Waals surface area contributed by atoms with E-state index in [1.807, 2.05) is 0 Å². The average molecular weight is 383 g/mol. The summed E-state index contributed by atoms with van der Waals surface area (Å²) >= 11 is 0. The molecule has 0 saturated carbocycles. The van der Waals surface area contributed by atoms with Crippen molar-refractivity contribution in [3.63, 3.8) is 0 Å². The summed E-state index contributed by atoms with van der Waals surface area (Å²) < 4.78 is 0. The van der Waals surface area contributed by atoms with E-state index in [-0.39, 0.29) is 51.5 Å². The molecule has 0 atom stereocenters. The quantitative estimate of drug-likeness (QED) is 0.353. The molecule has 0 saturated heterocycles. The minimum Gasteiger partial charge on any atom is -0.550 e. The van der Waals surface area contributed by atoms with Gasteiger partial charge in [-0.25, -0.2) is 0 Å². The Labute approximate surface area is 163 Å². The van der Waals surface area contributed by atoms with Crippen LogP contribution >= 0.6 is 0 Å². The van der Waals surface area contributed by atoms with Crippen LogP contribution in [0.5, 0.6) is 0 Å². The Balaban J connectivity index is -0.000000180. The molecule has 25 heavy (non-hydrogen) atoms. The van der Waals surface area contributed by atoms with Gasteiger partial charge in [-0.05, 0) is 0 Å². The zero-order valence-electron chi connectivity index (χ0n) is 13.2. The third kappa shape index (κ3) is 12.6. The smallest absolute Gasteiger partial charge is 0.550 e. The molecule has 14 nitrogen and oxygen atoms in total.